The highest BCUT2D eigenvalue weighted by Gasteiger charge is 2.21. The molecule has 0 unspecified atom stereocenters. The zero-order valence-electron chi connectivity index (χ0n) is 21.8. The van der Waals surface area contributed by atoms with Gasteiger partial charge in [-0.2, -0.15) is 6.08 Å². The Morgan fingerprint density at radius 2 is 1.23 bits per heavy atom. The molecule has 0 N–H and O–H groups in total. The van der Waals surface area contributed by atoms with Crippen LogP contribution in [0.15, 0.2) is 109 Å². The monoisotopic (exact) mass is 460 g/mol. The number of rotatable bonds is 5. The van der Waals surface area contributed by atoms with E-state index in [0.717, 1.165) is 5.69 Å². The van der Waals surface area contributed by atoms with E-state index >= 15 is 0 Å². The van der Waals surface area contributed by atoms with Crippen LogP contribution in [0, 0.1) is 0 Å². The molecule has 178 valence electrons. The zero-order valence-corrected chi connectivity index (χ0v) is 21.8. The lowest BCUT2D eigenvalue weighted by Gasteiger charge is -2.35. The topological polar surface area (TPSA) is 6.25 Å². The predicted octanol–water partition coefficient (Wildman–Crippen LogP) is 8.76. The lowest BCUT2D eigenvalue weighted by atomic mass is 10.0. The van der Waals surface area contributed by atoms with Crippen molar-refractivity contribution in [3.8, 4) is 0 Å². The van der Waals surface area contributed by atoms with Crippen LogP contribution < -0.4 is 4.90 Å². The number of allylic oxidation sites excluding steroid dienone is 3. The maximum Gasteiger partial charge on any atom is 0.137 e. The van der Waals surface area contributed by atoms with Crippen LogP contribution in [0.25, 0.3) is 21.5 Å². The fourth-order valence-electron chi connectivity index (χ4n) is 4.30. The van der Waals surface area contributed by atoms with Crippen LogP contribution in [-0.2, 0) is 0 Å². The Morgan fingerprint density at radius 3 is 1.83 bits per heavy atom. The first-order valence-corrected chi connectivity index (χ1v) is 12.3. The molecule has 0 bridgehead atoms. The molecule has 2 heteroatoms. The predicted molar refractivity (Wildman–Crippen MR) is 153 cm³/mol. The molecular formula is C33H36N2. The highest BCUT2D eigenvalue weighted by molar-refractivity contribution is 5.86. The Labute approximate surface area is 210 Å². The van der Waals surface area contributed by atoms with Crippen LogP contribution in [0.2, 0.25) is 0 Å². The van der Waals surface area contributed by atoms with Crippen LogP contribution >= 0.6 is 0 Å². The molecule has 0 radical (unpaired) electrons. The number of hydrogen-bond acceptors (Lipinski definition) is 1. The van der Waals surface area contributed by atoms with E-state index in [-0.39, 0.29) is 11.1 Å². The molecule has 0 aliphatic heterocycles. The average molecular weight is 461 g/mol. The van der Waals surface area contributed by atoms with Crippen molar-refractivity contribution in [3.05, 3.63) is 109 Å². The standard InChI is InChI=1S/C33H36N2/c1-32(2,3)34(30-20-18-26-14-8-10-16-28(26)24-30)22-12-7-13-23-35(33(4,5)6)31-21-19-27-15-9-11-17-29(27)25-31/h7-22,24-25H,1-6H3/b13-7+,22-12?. The number of benzene rings is 4. The van der Waals surface area contributed by atoms with Gasteiger partial charge in [0.1, 0.15) is 17.4 Å². The number of fused-ring (bicyclic) bond motifs is 2. The van der Waals surface area contributed by atoms with E-state index in [1.54, 1.807) is 0 Å². The average Bonchev–Trinajstić information content (AvgIpc) is 2.81. The van der Waals surface area contributed by atoms with Gasteiger partial charge in [-0.15, -0.1) is 12.2 Å². The lowest BCUT2D eigenvalue weighted by Crippen LogP contribution is -2.37. The quantitative estimate of drug-likeness (QED) is 0.125. The summed E-state index contributed by atoms with van der Waals surface area (Å²) < 4.78 is 2.20. The van der Waals surface area contributed by atoms with Crippen LogP contribution in [0.3, 0.4) is 0 Å². The summed E-state index contributed by atoms with van der Waals surface area (Å²) in [5.41, 5.74) is 2.17. The van der Waals surface area contributed by atoms with Gasteiger partial charge in [0.15, 0.2) is 0 Å². The Hall–Kier alpha value is -3.65. The smallest absolute Gasteiger partial charge is 0.137 e. The highest BCUT2D eigenvalue weighted by Crippen LogP contribution is 2.28. The van der Waals surface area contributed by atoms with Gasteiger partial charge in [0, 0.05) is 11.2 Å². The summed E-state index contributed by atoms with van der Waals surface area (Å²) in [6.07, 6.45) is 11.8. The van der Waals surface area contributed by atoms with E-state index in [2.05, 4.69) is 161 Å². The number of anilines is 1. The molecule has 0 aliphatic carbocycles. The van der Waals surface area contributed by atoms with Gasteiger partial charge in [-0.3, -0.25) is 4.58 Å². The summed E-state index contributed by atoms with van der Waals surface area (Å²) >= 11 is 0. The van der Waals surface area contributed by atoms with Crippen molar-refractivity contribution < 1.29 is 4.58 Å². The van der Waals surface area contributed by atoms with Gasteiger partial charge in [-0.25, -0.2) is 0 Å². The Bertz CT molecular complexity index is 1410. The molecule has 0 saturated carbocycles. The molecule has 0 aliphatic rings. The number of nitrogens with zero attached hydrogens (tertiary/aromatic N) is 2. The third kappa shape index (κ3) is 5.89. The van der Waals surface area contributed by atoms with Crippen LogP contribution in [0.1, 0.15) is 41.5 Å². The van der Waals surface area contributed by atoms with Gasteiger partial charge in [0.25, 0.3) is 0 Å². The lowest BCUT2D eigenvalue weighted by molar-refractivity contribution is -0.514. The molecule has 4 rings (SSSR count). The first kappa shape index (κ1) is 24.5. The zero-order chi connectivity index (χ0) is 25.1. The Kier molecular flexibility index (Phi) is 6.93. The van der Waals surface area contributed by atoms with Gasteiger partial charge in [0.2, 0.25) is 0 Å². The van der Waals surface area contributed by atoms with E-state index in [0.29, 0.717) is 0 Å². The van der Waals surface area contributed by atoms with Crippen molar-refractivity contribution in [2.75, 3.05) is 4.90 Å². The largest absolute Gasteiger partial charge is 0.344 e. The minimum Gasteiger partial charge on any atom is -0.344 e. The van der Waals surface area contributed by atoms with Crippen LogP contribution in [0.5, 0.6) is 0 Å². The van der Waals surface area contributed by atoms with Gasteiger partial charge in [0.05, 0.1) is 0 Å². The summed E-state index contributed by atoms with van der Waals surface area (Å²) in [5, 5.41) is 5.00. The summed E-state index contributed by atoms with van der Waals surface area (Å²) in [5.74, 6) is 0. The number of hydrogen-bond donors (Lipinski definition) is 0. The summed E-state index contributed by atoms with van der Waals surface area (Å²) in [4.78, 5) is 2.31. The maximum absolute atomic E-state index is 3.50. The summed E-state index contributed by atoms with van der Waals surface area (Å²) in [6.45, 7) is 13.3. The fraction of sp³-hybridized carbons (Fsp3) is 0.242. The molecular weight excluding hydrogens is 424 g/mol. The molecule has 0 amide bonds. The van der Waals surface area contributed by atoms with E-state index in [1.165, 1.54) is 27.2 Å². The first-order valence-electron chi connectivity index (χ1n) is 12.3. The van der Waals surface area contributed by atoms with E-state index in [1.807, 2.05) is 6.08 Å². The van der Waals surface area contributed by atoms with Crippen molar-refractivity contribution in [1.29, 1.82) is 0 Å². The summed E-state index contributed by atoms with van der Waals surface area (Å²) in [6, 6.07) is 30.2. The second-order valence-electron chi connectivity index (χ2n) is 10.9. The molecule has 0 heterocycles. The molecule has 4 aromatic carbocycles. The molecule has 0 saturated heterocycles. The molecule has 35 heavy (non-hydrogen) atoms. The van der Waals surface area contributed by atoms with Crippen LogP contribution in [0.4, 0.5) is 11.4 Å². The van der Waals surface area contributed by atoms with Crippen molar-refractivity contribution in [1.82, 2.24) is 0 Å². The minimum atomic E-state index is -0.0982. The summed E-state index contributed by atoms with van der Waals surface area (Å²) in [7, 11) is 0. The molecule has 0 atom stereocenters. The second kappa shape index (κ2) is 9.92. The Morgan fingerprint density at radius 1 is 0.657 bits per heavy atom. The van der Waals surface area contributed by atoms with Crippen molar-refractivity contribution in [2.45, 2.75) is 52.6 Å². The normalized spacial score (nSPS) is 13.4. The van der Waals surface area contributed by atoms with Gasteiger partial charge >= 0.3 is 0 Å². The molecule has 0 aromatic heterocycles. The maximum atomic E-state index is 3.50. The third-order valence-electron chi connectivity index (χ3n) is 6.04. The van der Waals surface area contributed by atoms with E-state index < -0.39 is 0 Å². The van der Waals surface area contributed by atoms with Crippen molar-refractivity contribution >= 4 is 39.1 Å². The second-order valence-corrected chi connectivity index (χ2v) is 10.9. The van der Waals surface area contributed by atoms with Crippen molar-refractivity contribution in [3.63, 3.8) is 0 Å². The van der Waals surface area contributed by atoms with Crippen molar-refractivity contribution in [2.24, 2.45) is 0 Å². The van der Waals surface area contributed by atoms with Gasteiger partial charge in [-0.1, -0.05) is 60.7 Å². The SMILES string of the molecule is CC(C)(C)N(C=C/C=C/[C-]=[N+](c1ccc2ccccc2c1)C(C)(C)C)c1ccc2ccccc2c1. The third-order valence-corrected chi connectivity index (χ3v) is 6.04. The van der Waals surface area contributed by atoms with Gasteiger partial charge < -0.3 is 4.90 Å². The molecule has 2 nitrogen and oxygen atoms in total. The highest BCUT2D eigenvalue weighted by atomic mass is 15.2. The van der Waals surface area contributed by atoms with Gasteiger partial charge in [-0.05, 0) is 93.6 Å². The Balaban J connectivity index is 1.60. The first-order chi connectivity index (χ1) is 16.6. The minimum absolute atomic E-state index is 0.0528. The molecule has 0 fully saturated rings. The molecule has 4 aromatic rings. The fourth-order valence-corrected chi connectivity index (χ4v) is 4.30. The van der Waals surface area contributed by atoms with E-state index in [4.69, 9.17) is 0 Å². The molecule has 0 spiro atoms. The van der Waals surface area contributed by atoms with Crippen LogP contribution in [-0.4, -0.2) is 21.9 Å². The van der Waals surface area contributed by atoms with E-state index in [9.17, 15) is 0 Å².